The molecule has 2 N–H and O–H groups in total. The zero-order valence-electron chi connectivity index (χ0n) is 12.2. The van der Waals surface area contributed by atoms with Gasteiger partial charge in [-0.2, -0.15) is 23.4 Å². The molecule has 0 unspecified atom stereocenters. The van der Waals surface area contributed by atoms with Crippen LogP contribution in [-0.2, 0) is 6.18 Å². The highest BCUT2D eigenvalue weighted by atomic mass is 19.4. The van der Waals surface area contributed by atoms with E-state index in [1.54, 1.807) is 24.4 Å². The quantitative estimate of drug-likeness (QED) is 0.563. The van der Waals surface area contributed by atoms with Crippen molar-refractivity contribution in [3.8, 4) is 22.4 Å². The Morgan fingerprint density at radius 3 is 2.54 bits per heavy atom. The van der Waals surface area contributed by atoms with Crippen LogP contribution in [0.25, 0.3) is 33.3 Å². The van der Waals surface area contributed by atoms with E-state index in [4.69, 9.17) is 0 Å². The SMILES string of the molecule is FC(F)(F)c1cc(-c2cccc(-c3cc[nH]n3)c2)c2cn[nH]c2c1. The van der Waals surface area contributed by atoms with E-state index < -0.39 is 11.7 Å². The van der Waals surface area contributed by atoms with Gasteiger partial charge in [-0.1, -0.05) is 18.2 Å². The van der Waals surface area contributed by atoms with Gasteiger partial charge in [-0.05, 0) is 35.4 Å². The fourth-order valence-electron chi connectivity index (χ4n) is 2.72. The van der Waals surface area contributed by atoms with Crippen molar-refractivity contribution >= 4 is 10.9 Å². The van der Waals surface area contributed by atoms with Crippen LogP contribution in [0, 0.1) is 0 Å². The maximum atomic E-state index is 13.2. The van der Waals surface area contributed by atoms with E-state index in [1.165, 1.54) is 6.20 Å². The first-order valence-electron chi connectivity index (χ1n) is 7.17. The number of nitrogens with zero attached hydrogens (tertiary/aromatic N) is 2. The number of H-pyrrole nitrogens is 2. The Bertz CT molecular complexity index is 1000. The normalized spacial score (nSPS) is 12.0. The van der Waals surface area contributed by atoms with Crippen molar-refractivity contribution in [3.63, 3.8) is 0 Å². The minimum absolute atomic E-state index is 0.352. The van der Waals surface area contributed by atoms with Crippen molar-refractivity contribution in [1.82, 2.24) is 20.4 Å². The van der Waals surface area contributed by atoms with Crippen molar-refractivity contribution in [2.24, 2.45) is 0 Å². The third kappa shape index (κ3) is 2.44. The second-order valence-electron chi connectivity index (χ2n) is 5.39. The van der Waals surface area contributed by atoms with Gasteiger partial charge < -0.3 is 0 Å². The van der Waals surface area contributed by atoms with Crippen LogP contribution < -0.4 is 0 Å². The van der Waals surface area contributed by atoms with Crippen LogP contribution >= 0.6 is 0 Å². The molecule has 0 amide bonds. The molecule has 4 nitrogen and oxygen atoms in total. The Labute approximate surface area is 134 Å². The number of fused-ring (bicyclic) bond motifs is 1. The van der Waals surface area contributed by atoms with Crippen molar-refractivity contribution in [1.29, 1.82) is 0 Å². The smallest absolute Gasteiger partial charge is 0.285 e. The highest BCUT2D eigenvalue weighted by molar-refractivity contribution is 5.95. The molecule has 2 aromatic carbocycles. The van der Waals surface area contributed by atoms with Crippen LogP contribution in [-0.4, -0.2) is 20.4 Å². The highest BCUT2D eigenvalue weighted by Crippen LogP contribution is 2.37. The molecular formula is C17H11F3N4. The van der Waals surface area contributed by atoms with E-state index in [1.807, 2.05) is 12.1 Å². The summed E-state index contributed by atoms with van der Waals surface area (Å²) in [7, 11) is 0. The third-order valence-corrected chi connectivity index (χ3v) is 3.86. The minimum Gasteiger partial charge on any atom is -0.285 e. The predicted molar refractivity (Wildman–Crippen MR) is 84.1 cm³/mol. The number of rotatable bonds is 2. The summed E-state index contributed by atoms with van der Waals surface area (Å²) in [5, 5.41) is 14.0. The Morgan fingerprint density at radius 2 is 1.79 bits per heavy atom. The Morgan fingerprint density at radius 1 is 0.958 bits per heavy atom. The summed E-state index contributed by atoms with van der Waals surface area (Å²) in [6, 6.07) is 11.3. The van der Waals surface area contributed by atoms with Crippen LogP contribution in [0.1, 0.15) is 5.56 Å². The van der Waals surface area contributed by atoms with Gasteiger partial charge in [0.2, 0.25) is 0 Å². The molecule has 2 aromatic heterocycles. The molecule has 24 heavy (non-hydrogen) atoms. The predicted octanol–water partition coefficient (Wildman–Crippen LogP) is 4.64. The van der Waals surface area contributed by atoms with E-state index in [-0.39, 0.29) is 0 Å². The van der Waals surface area contributed by atoms with Gasteiger partial charge in [0.1, 0.15) is 0 Å². The number of nitrogens with one attached hydrogen (secondary N) is 2. The number of hydrogen-bond donors (Lipinski definition) is 2. The molecule has 7 heteroatoms. The zero-order chi connectivity index (χ0) is 16.7. The molecular weight excluding hydrogens is 317 g/mol. The Balaban J connectivity index is 1.93. The van der Waals surface area contributed by atoms with Crippen molar-refractivity contribution < 1.29 is 13.2 Å². The summed E-state index contributed by atoms with van der Waals surface area (Å²) in [5.41, 5.74) is 2.35. The van der Waals surface area contributed by atoms with E-state index in [0.717, 1.165) is 23.4 Å². The molecule has 0 fully saturated rings. The Kier molecular flexibility index (Phi) is 3.16. The first kappa shape index (κ1) is 14.5. The van der Waals surface area contributed by atoms with Gasteiger partial charge in [0, 0.05) is 17.1 Å². The minimum atomic E-state index is -4.42. The monoisotopic (exact) mass is 328 g/mol. The lowest BCUT2D eigenvalue weighted by atomic mass is 9.97. The number of halogens is 3. The van der Waals surface area contributed by atoms with Gasteiger partial charge >= 0.3 is 6.18 Å². The maximum absolute atomic E-state index is 13.2. The first-order valence-corrected chi connectivity index (χ1v) is 7.17. The molecule has 0 aliphatic heterocycles. The number of aromatic amines is 2. The summed E-state index contributed by atoms with van der Waals surface area (Å²) in [6.45, 7) is 0. The average molecular weight is 328 g/mol. The van der Waals surface area contributed by atoms with E-state index in [0.29, 0.717) is 22.0 Å². The molecule has 0 saturated carbocycles. The fraction of sp³-hybridized carbons (Fsp3) is 0.0588. The van der Waals surface area contributed by atoms with Crippen molar-refractivity contribution in [2.75, 3.05) is 0 Å². The lowest BCUT2D eigenvalue weighted by Crippen LogP contribution is -2.05. The summed E-state index contributed by atoms with van der Waals surface area (Å²) in [4.78, 5) is 0. The van der Waals surface area contributed by atoms with Gasteiger partial charge in [0.25, 0.3) is 0 Å². The molecule has 2 heterocycles. The summed E-state index contributed by atoms with van der Waals surface area (Å²) in [6.07, 6.45) is -1.19. The molecule has 4 aromatic rings. The lowest BCUT2D eigenvalue weighted by Gasteiger charge is -2.11. The number of hydrogen-bond acceptors (Lipinski definition) is 2. The van der Waals surface area contributed by atoms with E-state index in [2.05, 4.69) is 20.4 Å². The largest absolute Gasteiger partial charge is 0.416 e. The molecule has 0 spiro atoms. The molecule has 0 saturated heterocycles. The van der Waals surface area contributed by atoms with Crippen molar-refractivity contribution in [3.05, 3.63) is 60.4 Å². The first-order chi connectivity index (χ1) is 11.5. The van der Waals surface area contributed by atoms with Gasteiger partial charge in [0.05, 0.1) is 23.0 Å². The highest BCUT2D eigenvalue weighted by Gasteiger charge is 2.31. The van der Waals surface area contributed by atoms with Crippen LogP contribution in [0.4, 0.5) is 13.2 Å². The zero-order valence-corrected chi connectivity index (χ0v) is 12.2. The molecule has 0 aliphatic carbocycles. The maximum Gasteiger partial charge on any atom is 0.416 e. The molecule has 0 radical (unpaired) electrons. The standard InChI is InChI=1S/C17H11F3N4/c18-17(19,20)12-7-13(14-9-22-24-16(14)8-12)10-2-1-3-11(6-10)15-4-5-21-23-15/h1-9H,(H,21,23)(H,22,24). The molecule has 0 aliphatic rings. The number of aromatic nitrogens is 4. The second-order valence-corrected chi connectivity index (χ2v) is 5.39. The van der Waals surface area contributed by atoms with Gasteiger partial charge in [0.15, 0.2) is 0 Å². The number of alkyl halides is 3. The Hall–Kier alpha value is -3.09. The topological polar surface area (TPSA) is 57.4 Å². The van der Waals surface area contributed by atoms with Crippen LogP contribution in [0.2, 0.25) is 0 Å². The summed E-state index contributed by atoms with van der Waals surface area (Å²) < 4.78 is 39.5. The van der Waals surface area contributed by atoms with Gasteiger partial charge in [-0.3, -0.25) is 10.2 Å². The molecule has 0 atom stereocenters. The summed E-state index contributed by atoms with van der Waals surface area (Å²) in [5.74, 6) is 0. The fourth-order valence-corrected chi connectivity index (χ4v) is 2.72. The molecule has 120 valence electrons. The van der Waals surface area contributed by atoms with Crippen LogP contribution in [0.3, 0.4) is 0 Å². The van der Waals surface area contributed by atoms with E-state index in [9.17, 15) is 13.2 Å². The van der Waals surface area contributed by atoms with Crippen LogP contribution in [0.15, 0.2) is 54.9 Å². The van der Waals surface area contributed by atoms with Gasteiger partial charge in [-0.25, -0.2) is 0 Å². The second kappa shape index (κ2) is 5.23. The number of benzene rings is 2. The molecule has 0 bridgehead atoms. The summed E-state index contributed by atoms with van der Waals surface area (Å²) >= 11 is 0. The van der Waals surface area contributed by atoms with E-state index >= 15 is 0 Å². The van der Waals surface area contributed by atoms with Crippen LogP contribution in [0.5, 0.6) is 0 Å². The van der Waals surface area contributed by atoms with Gasteiger partial charge in [-0.15, -0.1) is 0 Å². The average Bonchev–Trinajstić information content (AvgIpc) is 3.24. The third-order valence-electron chi connectivity index (χ3n) is 3.86. The molecule has 4 rings (SSSR count). The lowest BCUT2D eigenvalue weighted by molar-refractivity contribution is -0.137. The van der Waals surface area contributed by atoms with Crippen molar-refractivity contribution in [2.45, 2.75) is 6.18 Å².